The molecule has 2 aromatic rings. The summed E-state index contributed by atoms with van der Waals surface area (Å²) < 4.78 is 10.7. The minimum absolute atomic E-state index is 0.00175. The molecule has 0 saturated heterocycles. The van der Waals surface area contributed by atoms with Crippen LogP contribution in [0.25, 0.3) is 0 Å². The van der Waals surface area contributed by atoms with E-state index >= 15 is 0 Å². The zero-order valence-electron chi connectivity index (χ0n) is 15.3. The van der Waals surface area contributed by atoms with Gasteiger partial charge in [0.2, 0.25) is 6.79 Å². The summed E-state index contributed by atoms with van der Waals surface area (Å²) in [6, 6.07) is 11.0. The molecule has 0 saturated carbocycles. The number of rotatable bonds is 5. The quantitative estimate of drug-likeness (QED) is 0.637. The summed E-state index contributed by atoms with van der Waals surface area (Å²) in [5.41, 5.74) is 1.59. The van der Waals surface area contributed by atoms with Crippen molar-refractivity contribution < 1.29 is 19.2 Å². The number of ether oxygens (including phenoxy) is 2. The van der Waals surface area contributed by atoms with Gasteiger partial charge in [0.15, 0.2) is 11.5 Å². The van der Waals surface area contributed by atoms with Crippen LogP contribution in [0.2, 0.25) is 0 Å². The maximum Gasteiger partial charge on any atom is 0.318 e. The van der Waals surface area contributed by atoms with Crippen molar-refractivity contribution in [3.05, 3.63) is 63.7 Å². The summed E-state index contributed by atoms with van der Waals surface area (Å²) in [5.74, 6) is 1.35. The van der Waals surface area contributed by atoms with Crippen molar-refractivity contribution in [2.45, 2.75) is 25.9 Å². The Hall–Kier alpha value is -3.29. The molecule has 2 amide bonds. The van der Waals surface area contributed by atoms with Gasteiger partial charge in [-0.05, 0) is 37.1 Å². The molecular weight excluding hydrogens is 350 g/mol. The SMILES string of the molecule is C[C@H](NC(=O)N(C)[C@H](C)c1cccc([N+](=O)[O-])c1)c1ccc2c(c1)OCO2. The second kappa shape index (κ2) is 7.53. The standard InChI is InChI=1S/C19H21N3O5/c1-12(14-7-8-17-18(10-14)27-11-26-17)20-19(23)21(3)13(2)15-5-4-6-16(9-15)22(24)25/h4-10,12-13H,11H2,1-3H3,(H,20,23)/t12-,13+/m0/s1. The molecule has 1 aliphatic heterocycles. The number of amides is 2. The molecule has 8 heteroatoms. The zero-order valence-corrected chi connectivity index (χ0v) is 15.3. The van der Waals surface area contributed by atoms with E-state index in [0.717, 1.165) is 5.56 Å². The first-order valence-corrected chi connectivity index (χ1v) is 8.54. The van der Waals surface area contributed by atoms with Gasteiger partial charge in [0, 0.05) is 19.2 Å². The van der Waals surface area contributed by atoms with Gasteiger partial charge < -0.3 is 19.7 Å². The fraction of sp³-hybridized carbons (Fsp3) is 0.316. The number of hydrogen-bond acceptors (Lipinski definition) is 5. The van der Waals surface area contributed by atoms with Crippen LogP contribution >= 0.6 is 0 Å². The Morgan fingerprint density at radius 1 is 1.15 bits per heavy atom. The molecule has 27 heavy (non-hydrogen) atoms. The van der Waals surface area contributed by atoms with Gasteiger partial charge in [-0.25, -0.2) is 4.79 Å². The van der Waals surface area contributed by atoms with Gasteiger partial charge in [-0.1, -0.05) is 18.2 Å². The molecule has 3 rings (SSSR count). The minimum atomic E-state index is -0.446. The summed E-state index contributed by atoms with van der Waals surface area (Å²) in [5, 5.41) is 13.9. The molecule has 1 heterocycles. The fourth-order valence-electron chi connectivity index (χ4n) is 2.85. The number of nitrogens with zero attached hydrogens (tertiary/aromatic N) is 2. The normalized spacial score (nSPS) is 14.3. The average Bonchev–Trinajstić information content (AvgIpc) is 3.14. The summed E-state index contributed by atoms with van der Waals surface area (Å²) in [6.45, 7) is 3.90. The molecule has 0 aromatic heterocycles. The number of non-ortho nitro benzene ring substituents is 1. The maximum absolute atomic E-state index is 12.6. The van der Waals surface area contributed by atoms with E-state index in [1.807, 2.05) is 32.0 Å². The van der Waals surface area contributed by atoms with Crippen LogP contribution in [0.1, 0.15) is 37.1 Å². The lowest BCUT2D eigenvalue weighted by atomic mass is 10.1. The van der Waals surface area contributed by atoms with Crippen LogP contribution in [0, 0.1) is 10.1 Å². The highest BCUT2D eigenvalue weighted by atomic mass is 16.7. The summed E-state index contributed by atoms with van der Waals surface area (Å²) in [4.78, 5) is 24.6. The van der Waals surface area contributed by atoms with E-state index in [9.17, 15) is 14.9 Å². The van der Waals surface area contributed by atoms with E-state index in [-0.39, 0.29) is 30.6 Å². The van der Waals surface area contributed by atoms with E-state index in [4.69, 9.17) is 9.47 Å². The third-order valence-electron chi connectivity index (χ3n) is 4.70. The smallest absolute Gasteiger partial charge is 0.318 e. The Bertz CT molecular complexity index is 870. The lowest BCUT2D eigenvalue weighted by molar-refractivity contribution is -0.384. The molecule has 2 aromatic carbocycles. The maximum atomic E-state index is 12.6. The van der Waals surface area contributed by atoms with Gasteiger partial charge in [-0.2, -0.15) is 0 Å². The van der Waals surface area contributed by atoms with Crippen LogP contribution in [0.15, 0.2) is 42.5 Å². The molecule has 0 fully saturated rings. The second-order valence-electron chi connectivity index (χ2n) is 6.42. The molecule has 0 aliphatic carbocycles. The van der Waals surface area contributed by atoms with E-state index < -0.39 is 4.92 Å². The van der Waals surface area contributed by atoms with Crippen molar-refractivity contribution >= 4 is 11.7 Å². The number of nitrogens with one attached hydrogen (secondary N) is 1. The Balaban J connectivity index is 1.68. The Morgan fingerprint density at radius 3 is 2.63 bits per heavy atom. The number of hydrogen-bond donors (Lipinski definition) is 1. The number of benzene rings is 2. The van der Waals surface area contributed by atoms with Gasteiger partial charge >= 0.3 is 6.03 Å². The van der Waals surface area contributed by atoms with Crippen molar-refractivity contribution in [2.75, 3.05) is 13.8 Å². The van der Waals surface area contributed by atoms with E-state index in [1.54, 1.807) is 19.2 Å². The lowest BCUT2D eigenvalue weighted by Gasteiger charge is -2.27. The fourth-order valence-corrected chi connectivity index (χ4v) is 2.85. The number of nitro groups is 1. The zero-order chi connectivity index (χ0) is 19.6. The van der Waals surface area contributed by atoms with Crippen molar-refractivity contribution in [3.63, 3.8) is 0 Å². The third kappa shape index (κ3) is 3.94. The molecule has 0 spiro atoms. The summed E-state index contributed by atoms with van der Waals surface area (Å²) in [7, 11) is 1.66. The molecular formula is C19H21N3O5. The monoisotopic (exact) mass is 371 g/mol. The van der Waals surface area contributed by atoms with Crippen molar-refractivity contribution in [3.8, 4) is 11.5 Å². The highest BCUT2D eigenvalue weighted by molar-refractivity contribution is 5.75. The van der Waals surface area contributed by atoms with Gasteiger partial charge in [0.1, 0.15) is 0 Å². The Morgan fingerprint density at radius 2 is 1.89 bits per heavy atom. The molecule has 142 valence electrons. The molecule has 0 unspecified atom stereocenters. The molecule has 1 aliphatic rings. The average molecular weight is 371 g/mol. The van der Waals surface area contributed by atoms with Crippen molar-refractivity contribution in [1.29, 1.82) is 0 Å². The predicted molar refractivity (Wildman–Crippen MR) is 98.8 cm³/mol. The van der Waals surface area contributed by atoms with Crippen LogP contribution in [-0.2, 0) is 0 Å². The lowest BCUT2D eigenvalue weighted by Crippen LogP contribution is -2.39. The summed E-state index contributed by atoms with van der Waals surface area (Å²) >= 11 is 0. The van der Waals surface area contributed by atoms with E-state index in [2.05, 4.69) is 5.32 Å². The van der Waals surface area contributed by atoms with Gasteiger partial charge in [-0.3, -0.25) is 10.1 Å². The number of urea groups is 1. The number of nitro benzene ring substituents is 1. The highest BCUT2D eigenvalue weighted by Gasteiger charge is 2.22. The first-order chi connectivity index (χ1) is 12.9. The van der Waals surface area contributed by atoms with Gasteiger partial charge in [0.05, 0.1) is 17.0 Å². The second-order valence-corrected chi connectivity index (χ2v) is 6.42. The Labute approximate surface area is 156 Å². The largest absolute Gasteiger partial charge is 0.454 e. The van der Waals surface area contributed by atoms with Crippen LogP contribution < -0.4 is 14.8 Å². The van der Waals surface area contributed by atoms with Gasteiger partial charge in [-0.15, -0.1) is 0 Å². The minimum Gasteiger partial charge on any atom is -0.454 e. The molecule has 0 radical (unpaired) electrons. The predicted octanol–water partition coefficient (Wildman–Crippen LogP) is 3.79. The van der Waals surface area contributed by atoms with Crippen LogP contribution in [0.5, 0.6) is 11.5 Å². The summed E-state index contributed by atoms with van der Waals surface area (Å²) in [6.07, 6.45) is 0. The van der Waals surface area contributed by atoms with Crippen molar-refractivity contribution in [2.24, 2.45) is 0 Å². The van der Waals surface area contributed by atoms with Crippen LogP contribution in [0.4, 0.5) is 10.5 Å². The topological polar surface area (TPSA) is 93.9 Å². The van der Waals surface area contributed by atoms with Gasteiger partial charge in [0.25, 0.3) is 5.69 Å². The number of carbonyl (C=O) groups is 1. The highest BCUT2D eigenvalue weighted by Crippen LogP contribution is 2.34. The molecule has 1 N–H and O–H groups in total. The Kier molecular flexibility index (Phi) is 5.16. The van der Waals surface area contributed by atoms with E-state index in [1.165, 1.54) is 17.0 Å². The number of carbonyl (C=O) groups excluding carboxylic acids is 1. The van der Waals surface area contributed by atoms with Crippen LogP contribution in [0.3, 0.4) is 0 Å². The molecule has 8 nitrogen and oxygen atoms in total. The molecule has 0 bridgehead atoms. The molecule has 2 atom stereocenters. The first kappa shape index (κ1) is 18.5. The van der Waals surface area contributed by atoms with Crippen LogP contribution in [-0.4, -0.2) is 29.7 Å². The first-order valence-electron chi connectivity index (χ1n) is 8.54. The third-order valence-corrected chi connectivity index (χ3v) is 4.70. The van der Waals surface area contributed by atoms with E-state index in [0.29, 0.717) is 17.1 Å². The van der Waals surface area contributed by atoms with Crippen molar-refractivity contribution in [1.82, 2.24) is 10.2 Å². The number of fused-ring (bicyclic) bond motifs is 1.